The Labute approximate surface area is 235 Å². The fourth-order valence-electron chi connectivity index (χ4n) is 6.14. The zero-order valence-electron chi connectivity index (χ0n) is 22.8. The number of amides is 4. The van der Waals surface area contributed by atoms with E-state index in [9.17, 15) is 24.3 Å². The number of hydrogen-bond acceptors (Lipinski definition) is 5. The summed E-state index contributed by atoms with van der Waals surface area (Å²) in [5.74, 6) is -1.96. The lowest BCUT2D eigenvalue weighted by molar-refractivity contribution is -0.167. The van der Waals surface area contributed by atoms with Crippen LogP contribution in [0, 0.1) is 11.8 Å². The Hall–Kier alpha value is -3.72. The van der Waals surface area contributed by atoms with Crippen LogP contribution in [0.3, 0.4) is 0 Å². The number of nitrogens with zero attached hydrogens (tertiary/aromatic N) is 3. The Balaban J connectivity index is 1.10. The van der Waals surface area contributed by atoms with Crippen molar-refractivity contribution in [3.05, 3.63) is 71.3 Å². The number of carboxylic acid groups (broad SMARTS) is 1. The lowest BCUT2D eigenvalue weighted by Gasteiger charge is -2.47. The molecule has 4 amide bonds. The van der Waals surface area contributed by atoms with E-state index in [0.29, 0.717) is 31.0 Å². The molecule has 0 spiro atoms. The molecule has 3 fully saturated rings. The Morgan fingerprint density at radius 3 is 2.05 bits per heavy atom. The minimum atomic E-state index is -1.13. The van der Waals surface area contributed by atoms with E-state index < -0.39 is 29.9 Å². The number of aryl methyl sites for hydroxylation is 2. The number of aliphatic carboxylic acids is 1. The van der Waals surface area contributed by atoms with Crippen molar-refractivity contribution >= 4 is 23.8 Å². The second kappa shape index (κ2) is 12.6. The average Bonchev–Trinajstić information content (AvgIpc) is 2.99. The van der Waals surface area contributed by atoms with Crippen LogP contribution in [-0.2, 0) is 22.4 Å². The Morgan fingerprint density at radius 2 is 1.43 bits per heavy atom. The molecule has 0 unspecified atom stereocenters. The number of piperidine rings is 1. The normalized spacial score (nSPS) is 21.7. The van der Waals surface area contributed by atoms with Crippen LogP contribution in [0.5, 0.6) is 0 Å². The molecule has 2 atom stereocenters. The summed E-state index contributed by atoms with van der Waals surface area (Å²) in [7, 11) is 0. The maximum atomic E-state index is 13.2. The van der Waals surface area contributed by atoms with Crippen molar-refractivity contribution in [1.29, 1.82) is 0 Å². The number of benzene rings is 2. The number of rotatable bonds is 8. The molecule has 40 heavy (non-hydrogen) atoms. The largest absolute Gasteiger partial charge is 0.480 e. The van der Waals surface area contributed by atoms with Gasteiger partial charge in [-0.2, -0.15) is 0 Å². The number of urea groups is 1. The van der Waals surface area contributed by atoms with Crippen molar-refractivity contribution in [2.75, 3.05) is 39.3 Å². The van der Waals surface area contributed by atoms with Crippen LogP contribution in [0.2, 0.25) is 0 Å². The lowest BCUT2D eigenvalue weighted by atomic mass is 9.78. The molecule has 0 radical (unpaired) electrons. The summed E-state index contributed by atoms with van der Waals surface area (Å²) in [4.78, 5) is 55.3. The summed E-state index contributed by atoms with van der Waals surface area (Å²) in [6, 6.07) is 16.4. The molecule has 3 aliphatic heterocycles. The standard InChI is InChI=1S/C31H38N4O5/c36-28(25-11-9-23(10-12-25)8-4-7-22-5-2-1-3-6-22)33-17-19-34(20-18-33)31(40)35-27(30(38)39)26(29(35)37)21-24-13-15-32-16-14-24/h1-3,5-6,9-12,24,26-27,32H,4,7-8,13-21H2,(H,38,39)/t26-,27+/m1/s1. The van der Waals surface area contributed by atoms with Gasteiger partial charge in [-0.15, -0.1) is 0 Å². The molecule has 2 N–H and O–H groups in total. The smallest absolute Gasteiger partial charge is 0.327 e. The first-order valence-corrected chi connectivity index (χ1v) is 14.4. The van der Waals surface area contributed by atoms with Crippen LogP contribution in [0.1, 0.15) is 47.2 Å². The summed E-state index contributed by atoms with van der Waals surface area (Å²) in [5, 5.41) is 13.1. The van der Waals surface area contributed by atoms with Gasteiger partial charge in [0.2, 0.25) is 5.91 Å². The van der Waals surface area contributed by atoms with Crippen LogP contribution in [0.4, 0.5) is 4.79 Å². The van der Waals surface area contributed by atoms with Crippen LogP contribution >= 0.6 is 0 Å². The molecule has 5 rings (SSSR count). The van der Waals surface area contributed by atoms with E-state index in [4.69, 9.17) is 0 Å². The quantitative estimate of drug-likeness (QED) is 0.493. The zero-order chi connectivity index (χ0) is 28.1. The molecular weight excluding hydrogens is 508 g/mol. The highest BCUT2D eigenvalue weighted by atomic mass is 16.4. The first kappa shape index (κ1) is 27.8. The van der Waals surface area contributed by atoms with E-state index in [1.807, 2.05) is 30.3 Å². The van der Waals surface area contributed by atoms with Gasteiger partial charge in [-0.1, -0.05) is 42.5 Å². The van der Waals surface area contributed by atoms with E-state index in [1.54, 1.807) is 4.90 Å². The van der Waals surface area contributed by atoms with Crippen molar-refractivity contribution < 1.29 is 24.3 Å². The van der Waals surface area contributed by atoms with E-state index in [1.165, 1.54) is 16.0 Å². The molecule has 2 aromatic carbocycles. The van der Waals surface area contributed by atoms with E-state index in [2.05, 4.69) is 29.6 Å². The molecule has 0 saturated carbocycles. The molecule has 0 aromatic heterocycles. The molecule has 0 bridgehead atoms. The van der Waals surface area contributed by atoms with Gasteiger partial charge in [0.1, 0.15) is 0 Å². The van der Waals surface area contributed by atoms with Crippen molar-refractivity contribution in [3.63, 3.8) is 0 Å². The molecular formula is C31H38N4O5. The lowest BCUT2D eigenvalue weighted by Crippen LogP contribution is -2.69. The summed E-state index contributed by atoms with van der Waals surface area (Å²) >= 11 is 0. The predicted molar refractivity (Wildman–Crippen MR) is 150 cm³/mol. The third-order valence-electron chi connectivity index (χ3n) is 8.53. The van der Waals surface area contributed by atoms with Gasteiger partial charge in [0.15, 0.2) is 6.04 Å². The number of nitrogens with one attached hydrogen (secondary N) is 1. The second-order valence-electron chi connectivity index (χ2n) is 11.1. The molecule has 9 heteroatoms. The van der Waals surface area contributed by atoms with Gasteiger partial charge in [0.05, 0.1) is 5.92 Å². The summed E-state index contributed by atoms with van der Waals surface area (Å²) in [6.07, 6.45) is 5.33. The van der Waals surface area contributed by atoms with Crippen LogP contribution in [-0.4, -0.2) is 88.9 Å². The van der Waals surface area contributed by atoms with Crippen LogP contribution in [0.15, 0.2) is 54.6 Å². The van der Waals surface area contributed by atoms with Crippen molar-refractivity contribution in [3.8, 4) is 0 Å². The number of carbonyl (C=O) groups excluding carboxylic acids is 3. The minimum absolute atomic E-state index is 0.0894. The van der Waals surface area contributed by atoms with Crippen LogP contribution < -0.4 is 5.32 Å². The first-order chi connectivity index (χ1) is 19.4. The molecule has 9 nitrogen and oxygen atoms in total. The maximum absolute atomic E-state index is 13.2. The van der Waals surface area contributed by atoms with Gasteiger partial charge in [-0.3, -0.25) is 9.59 Å². The number of carbonyl (C=O) groups is 4. The van der Waals surface area contributed by atoms with Crippen molar-refractivity contribution in [2.45, 2.75) is 44.6 Å². The monoisotopic (exact) mass is 546 g/mol. The summed E-state index contributed by atoms with van der Waals surface area (Å²) in [5.41, 5.74) is 3.12. The van der Waals surface area contributed by atoms with Gasteiger partial charge in [-0.05, 0) is 80.8 Å². The molecule has 3 heterocycles. The Morgan fingerprint density at radius 1 is 0.825 bits per heavy atom. The minimum Gasteiger partial charge on any atom is -0.480 e. The van der Waals surface area contributed by atoms with Crippen molar-refractivity contribution in [1.82, 2.24) is 20.0 Å². The Kier molecular flexibility index (Phi) is 8.79. The number of hydrogen-bond donors (Lipinski definition) is 2. The Bertz CT molecular complexity index is 1200. The molecule has 2 aromatic rings. The topological polar surface area (TPSA) is 110 Å². The third kappa shape index (κ3) is 6.20. The van der Waals surface area contributed by atoms with Gasteiger partial charge in [-0.25, -0.2) is 14.5 Å². The number of carboxylic acids is 1. The van der Waals surface area contributed by atoms with Crippen LogP contribution in [0.25, 0.3) is 0 Å². The first-order valence-electron chi connectivity index (χ1n) is 14.4. The molecule has 3 aliphatic rings. The van der Waals surface area contributed by atoms with Crippen molar-refractivity contribution in [2.24, 2.45) is 11.8 Å². The number of β-lactam (4-membered cyclic amide) rings is 1. The van der Waals surface area contributed by atoms with E-state index >= 15 is 0 Å². The highest BCUT2D eigenvalue weighted by Gasteiger charge is 2.56. The molecule has 0 aliphatic carbocycles. The predicted octanol–water partition coefficient (Wildman–Crippen LogP) is 3.04. The van der Waals surface area contributed by atoms with E-state index in [0.717, 1.165) is 50.1 Å². The van der Waals surface area contributed by atoms with Gasteiger partial charge in [0, 0.05) is 31.7 Å². The summed E-state index contributed by atoms with van der Waals surface area (Å²) < 4.78 is 0. The average molecular weight is 547 g/mol. The SMILES string of the molecule is O=C(O)[C@@H]1[C@@H](CC2CCNCC2)C(=O)N1C(=O)N1CCN(C(=O)c2ccc(CCCc3ccccc3)cc2)CC1. The fraction of sp³-hybridized carbons (Fsp3) is 0.484. The number of likely N-dealkylation sites (tertiary alicyclic amines) is 1. The number of imide groups is 1. The zero-order valence-corrected chi connectivity index (χ0v) is 22.8. The van der Waals surface area contributed by atoms with E-state index in [-0.39, 0.29) is 19.0 Å². The number of piperazine rings is 1. The maximum Gasteiger partial charge on any atom is 0.327 e. The van der Waals surface area contributed by atoms with Gasteiger partial charge >= 0.3 is 12.0 Å². The fourth-order valence-corrected chi connectivity index (χ4v) is 6.14. The molecule has 212 valence electrons. The molecule has 3 saturated heterocycles. The third-order valence-corrected chi connectivity index (χ3v) is 8.53. The van der Waals surface area contributed by atoms with Gasteiger partial charge in [0.25, 0.3) is 5.91 Å². The highest BCUT2D eigenvalue weighted by Crippen LogP contribution is 2.35. The highest BCUT2D eigenvalue weighted by molar-refractivity contribution is 6.07. The summed E-state index contributed by atoms with van der Waals surface area (Å²) in [6.45, 7) is 2.93. The second-order valence-corrected chi connectivity index (χ2v) is 11.1. The van der Waals surface area contributed by atoms with Gasteiger partial charge < -0.3 is 20.2 Å².